The predicted molar refractivity (Wildman–Crippen MR) is 134 cm³/mol. The molecule has 0 aliphatic heterocycles. The van der Waals surface area contributed by atoms with Gasteiger partial charge < -0.3 is 15.2 Å². The van der Waals surface area contributed by atoms with Gasteiger partial charge in [-0.15, -0.1) is 0 Å². The van der Waals surface area contributed by atoms with Crippen LogP contribution in [0.15, 0.2) is 76.5 Å². The van der Waals surface area contributed by atoms with Crippen molar-refractivity contribution >= 4 is 19.9 Å². The molecule has 2 atom stereocenters. The Morgan fingerprint density at radius 2 is 1.54 bits per heavy atom. The van der Waals surface area contributed by atoms with Gasteiger partial charge in [0, 0.05) is 25.4 Å². The van der Waals surface area contributed by atoms with Crippen molar-refractivity contribution in [2.24, 2.45) is 0 Å². The predicted octanol–water partition coefficient (Wildman–Crippen LogP) is 2.42. The van der Waals surface area contributed by atoms with Gasteiger partial charge in [0.2, 0.25) is 10.0 Å². The van der Waals surface area contributed by atoms with E-state index in [-0.39, 0.29) is 18.5 Å². The number of sulfone groups is 1. The van der Waals surface area contributed by atoms with Crippen molar-refractivity contribution in [2.45, 2.75) is 34.9 Å². The Morgan fingerprint density at radius 3 is 2.16 bits per heavy atom. The summed E-state index contributed by atoms with van der Waals surface area (Å²) >= 11 is 0. The van der Waals surface area contributed by atoms with Crippen LogP contribution in [0.3, 0.4) is 0 Å². The van der Waals surface area contributed by atoms with E-state index in [2.05, 4.69) is 10.0 Å². The molecule has 0 aliphatic carbocycles. The lowest BCUT2D eigenvalue weighted by Crippen LogP contribution is -2.48. The molecule has 0 aromatic heterocycles. The molecule has 0 fully saturated rings. The van der Waals surface area contributed by atoms with Crippen LogP contribution in [0.1, 0.15) is 11.1 Å². The van der Waals surface area contributed by atoms with Gasteiger partial charge in [0.25, 0.3) is 0 Å². The fraction of sp³-hybridized carbons (Fsp3) is 0.280. The molecule has 3 aromatic carbocycles. The maximum atomic E-state index is 13.8. The number of benzene rings is 3. The van der Waals surface area contributed by atoms with Crippen molar-refractivity contribution in [3.05, 3.63) is 89.5 Å². The highest BCUT2D eigenvalue weighted by Crippen LogP contribution is 2.22. The van der Waals surface area contributed by atoms with E-state index in [9.17, 15) is 30.7 Å². The van der Waals surface area contributed by atoms with Crippen molar-refractivity contribution < 1.29 is 35.5 Å². The minimum absolute atomic E-state index is 0.0874. The first-order valence-corrected chi connectivity index (χ1v) is 14.5. The normalized spacial score (nSPS) is 13.8. The van der Waals surface area contributed by atoms with E-state index in [4.69, 9.17) is 4.74 Å². The van der Waals surface area contributed by atoms with E-state index in [0.717, 1.165) is 36.1 Å². The van der Waals surface area contributed by atoms with Gasteiger partial charge in [-0.3, -0.25) is 0 Å². The van der Waals surface area contributed by atoms with Gasteiger partial charge in [-0.2, -0.15) is 0 Å². The van der Waals surface area contributed by atoms with Gasteiger partial charge >= 0.3 is 0 Å². The average Bonchev–Trinajstić information content (AvgIpc) is 2.82. The van der Waals surface area contributed by atoms with E-state index in [1.807, 2.05) is 6.07 Å². The smallest absolute Gasteiger partial charge is 0.242 e. The zero-order chi connectivity index (χ0) is 27.2. The fourth-order valence-corrected chi connectivity index (χ4v) is 6.67. The highest BCUT2D eigenvalue weighted by Gasteiger charge is 2.30. The number of aliphatic hydroxyl groups is 1. The number of halogens is 2. The standard InChI is InChI=1S/C25H28F2N2O6S2/c1-35-21-7-5-6-17(12-21)15-28-16-23(30)22(13-18-10-19(26)14-20(27)11-18)29-37(33,34)25-9-4-3-8-24(25)36(2,31)32/h3-12,14,22-23,28-30H,13,15-16H2,1-2H3/t22-,23+/m1/s1. The van der Waals surface area contributed by atoms with Crippen molar-refractivity contribution in [3.63, 3.8) is 0 Å². The van der Waals surface area contributed by atoms with Crippen LogP contribution in [0.4, 0.5) is 8.78 Å². The highest BCUT2D eigenvalue weighted by atomic mass is 32.2. The van der Waals surface area contributed by atoms with Gasteiger partial charge in [-0.25, -0.2) is 30.3 Å². The van der Waals surface area contributed by atoms with Gasteiger partial charge in [0.1, 0.15) is 22.3 Å². The van der Waals surface area contributed by atoms with Gasteiger partial charge in [0.15, 0.2) is 9.84 Å². The first-order chi connectivity index (χ1) is 17.4. The summed E-state index contributed by atoms with van der Waals surface area (Å²) in [5.41, 5.74) is 0.950. The van der Waals surface area contributed by atoms with E-state index in [1.54, 1.807) is 18.2 Å². The molecule has 0 amide bonds. The zero-order valence-corrected chi connectivity index (χ0v) is 21.8. The van der Waals surface area contributed by atoms with E-state index in [0.29, 0.717) is 18.4 Å². The molecule has 3 aromatic rings. The minimum Gasteiger partial charge on any atom is -0.497 e. The Labute approximate surface area is 215 Å². The quantitative estimate of drug-likeness (QED) is 0.314. The molecule has 37 heavy (non-hydrogen) atoms. The molecule has 0 saturated carbocycles. The van der Waals surface area contributed by atoms with Crippen LogP contribution >= 0.6 is 0 Å². The minimum atomic E-state index is -4.47. The van der Waals surface area contributed by atoms with Gasteiger partial charge in [0.05, 0.1) is 24.2 Å². The third-order valence-electron chi connectivity index (χ3n) is 5.50. The van der Waals surface area contributed by atoms with Crippen LogP contribution in [-0.2, 0) is 32.8 Å². The first-order valence-electron chi connectivity index (χ1n) is 11.2. The zero-order valence-electron chi connectivity index (χ0n) is 20.2. The number of hydrogen-bond donors (Lipinski definition) is 3. The molecule has 0 heterocycles. The second kappa shape index (κ2) is 12.1. The second-order valence-electron chi connectivity index (χ2n) is 8.48. The molecule has 3 rings (SSSR count). The molecule has 0 spiro atoms. The summed E-state index contributed by atoms with van der Waals surface area (Å²) in [6, 6.07) is 13.7. The first kappa shape index (κ1) is 28.7. The third kappa shape index (κ3) is 8.04. The molecule has 0 unspecified atom stereocenters. The van der Waals surface area contributed by atoms with Crippen LogP contribution < -0.4 is 14.8 Å². The summed E-state index contributed by atoms with van der Waals surface area (Å²) in [6.45, 7) is 0.231. The van der Waals surface area contributed by atoms with Crippen LogP contribution in [0.25, 0.3) is 0 Å². The summed E-state index contributed by atoms with van der Waals surface area (Å²) < 4.78 is 85.9. The summed E-state index contributed by atoms with van der Waals surface area (Å²) in [5.74, 6) is -1.07. The number of nitrogens with one attached hydrogen (secondary N) is 2. The van der Waals surface area contributed by atoms with E-state index >= 15 is 0 Å². The Kier molecular flexibility index (Phi) is 9.37. The fourth-order valence-electron chi connectivity index (χ4n) is 3.77. The molecule has 12 heteroatoms. The van der Waals surface area contributed by atoms with Crippen LogP contribution in [0.5, 0.6) is 5.75 Å². The van der Waals surface area contributed by atoms with Crippen LogP contribution in [0, 0.1) is 11.6 Å². The lowest BCUT2D eigenvalue weighted by atomic mass is 10.0. The lowest BCUT2D eigenvalue weighted by Gasteiger charge is -2.25. The SMILES string of the molecule is COc1cccc(CNC[C@H](O)[C@@H](Cc2cc(F)cc(F)c2)NS(=O)(=O)c2ccccc2S(C)(=O)=O)c1. The van der Waals surface area contributed by atoms with Crippen LogP contribution in [0.2, 0.25) is 0 Å². The summed E-state index contributed by atoms with van der Waals surface area (Å²) in [7, 11) is -6.83. The largest absolute Gasteiger partial charge is 0.497 e. The summed E-state index contributed by atoms with van der Waals surface area (Å²) in [6.07, 6.45) is -0.736. The molecule has 0 bridgehead atoms. The second-order valence-corrected chi connectivity index (χ2v) is 12.1. The Morgan fingerprint density at radius 1 is 0.892 bits per heavy atom. The average molecular weight is 555 g/mol. The number of rotatable bonds is 12. The molecule has 8 nitrogen and oxygen atoms in total. The summed E-state index contributed by atoms with van der Waals surface area (Å²) in [4.78, 5) is -0.909. The van der Waals surface area contributed by atoms with Gasteiger partial charge in [-0.05, 0) is 53.9 Å². The number of sulfonamides is 1. The summed E-state index contributed by atoms with van der Waals surface area (Å²) in [5, 5.41) is 13.9. The van der Waals surface area contributed by atoms with E-state index < -0.39 is 53.4 Å². The maximum absolute atomic E-state index is 13.8. The monoisotopic (exact) mass is 554 g/mol. The Hall–Kier alpha value is -2.90. The van der Waals surface area contributed by atoms with Crippen molar-refractivity contribution in [1.29, 1.82) is 0 Å². The molecule has 200 valence electrons. The highest BCUT2D eigenvalue weighted by molar-refractivity contribution is 7.93. The van der Waals surface area contributed by atoms with Crippen molar-refractivity contribution in [2.75, 3.05) is 19.9 Å². The topological polar surface area (TPSA) is 122 Å². The van der Waals surface area contributed by atoms with Gasteiger partial charge in [-0.1, -0.05) is 24.3 Å². The maximum Gasteiger partial charge on any atom is 0.242 e. The lowest BCUT2D eigenvalue weighted by molar-refractivity contribution is 0.134. The molecule has 0 aliphatic rings. The molecule has 0 saturated heterocycles. The number of aliphatic hydroxyl groups excluding tert-OH is 1. The Bertz CT molecular complexity index is 1430. The molecular weight excluding hydrogens is 526 g/mol. The van der Waals surface area contributed by atoms with Crippen LogP contribution in [-0.4, -0.2) is 54.0 Å². The van der Waals surface area contributed by atoms with Crippen molar-refractivity contribution in [1.82, 2.24) is 10.0 Å². The number of ether oxygens (including phenoxy) is 1. The number of hydrogen-bond acceptors (Lipinski definition) is 7. The Balaban J connectivity index is 1.86. The van der Waals surface area contributed by atoms with Crippen molar-refractivity contribution in [3.8, 4) is 5.75 Å². The molecule has 3 N–H and O–H groups in total. The third-order valence-corrected chi connectivity index (χ3v) is 8.34. The van der Waals surface area contributed by atoms with E-state index in [1.165, 1.54) is 19.2 Å². The molecule has 0 radical (unpaired) electrons. The molecular formula is C25H28F2N2O6S2. The number of methoxy groups -OCH3 is 1.